The Balaban J connectivity index is 4.88. The largest absolute Gasteiger partial charge is 0.462 e. The van der Waals surface area contributed by atoms with Gasteiger partial charge in [-0.2, -0.15) is 0 Å². The van der Waals surface area contributed by atoms with Gasteiger partial charge in [0.1, 0.15) is 19.3 Å². The summed E-state index contributed by atoms with van der Waals surface area (Å²) in [6, 6.07) is 0. The molecule has 7 nitrogen and oxygen atoms in total. The van der Waals surface area contributed by atoms with Gasteiger partial charge in [0.05, 0.1) is 12.8 Å². The molecule has 0 aromatic heterocycles. The van der Waals surface area contributed by atoms with E-state index < -0.39 is 0 Å². The molecule has 0 saturated heterocycles. The Morgan fingerprint density at radius 3 is 1.79 bits per heavy atom. The zero-order chi connectivity index (χ0) is 39.6. The van der Waals surface area contributed by atoms with Crippen molar-refractivity contribution >= 4 is 17.9 Å². The molecule has 7 heteroatoms. The van der Waals surface area contributed by atoms with Crippen LogP contribution in [0.25, 0.3) is 0 Å². The molecule has 0 saturated carbocycles. The summed E-state index contributed by atoms with van der Waals surface area (Å²) in [5.41, 5.74) is -0.329. The van der Waals surface area contributed by atoms with Gasteiger partial charge < -0.3 is 19.1 Å². The average Bonchev–Trinajstić information content (AvgIpc) is 3.08. The minimum Gasteiger partial charge on any atom is -0.462 e. The molecule has 0 rings (SSSR count). The molecule has 53 heavy (non-hydrogen) atoms. The zero-order valence-electron chi connectivity index (χ0n) is 35.0. The fourth-order valence-corrected chi connectivity index (χ4v) is 5.62. The minimum absolute atomic E-state index is 0.0818. The second-order valence-electron chi connectivity index (χ2n) is 15.6. The number of unbranched alkanes of at least 4 members (excludes halogenated alkanes) is 8. The molecule has 0 aliphatic rings. The standard InChI is InChI=1S/C46H77NO6/c1-9-11-13-15-17-25-31-37-51-42(48)35-29-23-19-21-27-33-41(53-44(50)39-45(3,4)46(5,6)40-47(7)8)34-28-22-20-24-30-36-43(49)52-38-32-26-18-16-14-12-10-2/h19,21-22,24-26,28-32,35,41H,9-18,20,23,27,33-34,36-40H2,1-8H3. The Morgan fingerprint density at radius 1 is 0.604 bits per heavy atom. The molecular formula is C46H77NO6. The van der Waals surface area contributed by atoms with E-state index in [-0.39, 0.29) is 41.3 Å². The van der Waals surface area contributed by atoms with Crippen LogP contribution >= 0.6 is 0 Å². The van der Waals surface area contributed by atoms with E-state index in [1.54, 1.807) is 6.08 Å². The van der Waals surface area contributed by atoms with Gasteiger partial charge in [0.15, 0.2) is 0 Å². The first-order valence-corrected chi connectivity index (χ1v) is 20.4. The zero-order valence-corrected chi connectivity index (χ0v) is 35.0. The smallest absolute Gasteiger partial charge is 0.330 e. The maximum Gasteiger partial charge on any atom is 0.330 e. The van der Waals surface area contributed by atoms with Gasteiger partial charge in [0, 0.05) is 19.0 Å². The van der Waals surface area contributed by atoms with E-state index >= 15 is 0 Å². The van der Waals surface area contributed by atoms with Gasteiger partial charge in [0.2, 0.25) is 0 Å². The Labute approximate surface area is 325 Å². The number of allylic oxidation sites excluding steroid dienone is 7. The summed E-state index contributed by atoms with van der Waals surface area (Å²) in [6.45, 7) is 14.6. The van der Waals surface area contributed by atoms with Crippen molar-refractivity contribution in [2.24, 2.45) is 10.8 Å². The molecule has 1 unspecified atom stereocenters. The topological polar surface area (TPSA) is 82.1 Å². The van der Waals surface area contributed by atoms with E-state index in [1.165, 1.54) is 57.4 Å². The van der Waals surface area contributed by atoms with Crippen LogP contribution in [-0.2, 0) is 28.6 Å². The van der Waals surface area contributed by atoms with Crippen molar-refractivity contribution in [1.29, 1.82) is 0 Å². The van der Waals surface area contributed by atoms with Gasteiger partial charge in [-0.25, -0.2) is 4.79 Å². The normalized spacial score (nSPS) is 13.5. The summed E-state index contributed by atoms with van der Waals surface area (Å²) in [4.78, 5) is 39.3. The van der Waals surface area contributed by atoms with E-state index in [0.717, 1.165) is 25.8 Å². The van der Waals surface area contributed by atoms with Gasteiger partial charge in [-0.05, 0) is 76.3 Å². The lowest BCUT2D eigenvalue weighted by Crippen LogP contribution is -2.42. The number of ether oxygens (including phenoxy) is 3. The van der Waals surface area contributed by atoms with Crippen LogP contribution in [0.4, 0.5) is 0 Å². The molecular weight excluding hydrogens is 663 g/mol. The molecule has 1 atom stereocenters. The van der Waals surface area contributed by atoms with Crippen molar-refractivity contribution in [2.45, 2.75) is 157 Å². The number of carbonyl (C=O) groups excluding carboxylic acids is 3. The van der Waals surface area contributed by atoms with Crippen LogP contribution in [0.3, 0.4) is 0 Å². The maximum absolute atomic E-state index is 13.2. The lowest BCUT2D eigenvalue weighted by molar-refractivity contribution is -0.154. The molecule has 0 amide bonds. The molecule has 0 aliphatic heterocycles. The minimum atomic E-state index is -0.338. The van der Waals surface area contributed by atoms with Gasteiger partial charge in [0.25, 0.3) is 0 Å². The summed E-state index contributed by atoms with van der Waals surface area (Å²) in [6.07, 6.45) is 38.8. The third kappa shape index (κ3) is 29.9. The van der Waals surface area contributed by atoms with Crippen LogP contribution in [0.1, 0.15) is 151 Å². The SMILES string of the molecule is CCCCCCC=CCOC(=O)C=CCC=CCCC(CC=CCC=CCC(=O)OCC=CCCCCCC)OC(=O)CC(C)(C)C(C)(C)CN(C)C. The first-order valence-electron chi connectivity index (χ1n) is 20.4. The number of hydrogen-bond acceptors (Lipinski definition) is 7. The third-order valence-electron chi connectivity index (χ3n) is 9.51. The van der Waals surface area contributed by atoms with E-state index in [2.05, 4.69) is 78.8 Å². The Bertz CT molecular complexity index is 1140. The Morgan fingerprint density at radius 2 is 1.17 bits per heavy atom. The maximum atomic E-state index is 13.2. The van der Waals surface area contributed by atoms with Crippen molar-refractivity contribution in [3.8, 4) is 0 Å². The molecule has 0 N–H and O–H groups in total. The molecule has 0 aromatic rings. The van der Waals surface area contributed by atoms with Gasteiger partial charge >= 0.3 is 17.9 Å². The quantitative estimate of drug-likeness (QED) is 0.0223. The highest BCUT2D eigenvalue weighted by atomic mass is 16.5. The van der Waals surface area contributed by atoms with Crippen LogP contribution in [0.2, 0.25) is 0 Å². The molecule has 0 aromatic carbocycles. The monoisotopic (exact) mass is 740 g/mol. The fourth-order valence-electron chi connectivity index (χ4n) is 5.62. The van der Waals surface area contributed by atoms with Crippen LogP contribution in [0, 0.1) is 10.8 Å². The van der Waals surface area contributed by atoms with Crippen molar-refractivity contribution in [3.05, 3.63) is 72.9 Å². The Kier molecular flexibility index (Phi) is 30.3. The second kappa shape index (κ2) is 32.3. The summed E-state index contributed by atoms with van der Waals surface area (Å²) < 4.78 is 16.6. The average molecular weight is 740 g/mol. The molecule has 0 fully saturated rings. The van der Waals surface area contributed by atoms with E-state index in [9.17, 15) is 14.4 Å². The molecule has 0 radical (unpaired) electrons. The van der Waals surface area contributed by atoms with Crippen LogP contribution in [-0.4, -0.2) is 62.8 Å². The fraction of sp³-hybridized carbons (Fsp3) is 0.674. The molecule has 302 valence electrons. The highest BCUT2D eigenvalue weighted by molar-refractivity contribution is 5.81. The van der Waals surface area contributed by atoms with Crippen molar-refractivity contribution in [2.75, 3.05) is 33.9 Å². The number of hydrogen-bond donors (Lipinski definition) is 0. The van der Waals surface area contributed by atoms with Crippen LogP contribution in [0.15, 0.2) is 72.9 Å². The van der Waals surface area contributed by atoms with E-state index in [0.29, 0.717) is 45.3 Å². The van der Waals surface area contributed by atoms with E-state index in [1.807, 2.05) is 42.5 Å². The molecule has 0 heterocycles. The predicted octanol–water partition coefficient (Wildman–Crippen LogP) is 11.6. The van der Waals surface area contributed by atoms with Crippen molar-refractivity contribution < 1.29 is 28.6 Å². The lowest BCUT2D eigenvalue weighted by atomic mass is 9.66. The number of rotatable bonds is 32. The summed E-state index contributed by atoms with van der Waals surface area (Å²) in [7, 11) is 4.11. The first kappa shape index (κ1) is 49.8. The number of carbonyl (C=O) groups is 3. The molecule has 0 aliphatic carbocycles. The lowest BCUT2D eigenvalue weighted by Gasteiger charge is -2.43. The third-order valence-corrected chi connectivity index (χ3v) is 9.51. The van der Waals surface area contributed by atoms with Gasteiger partial charge in [-0.3, -0.25) is 9.59 Å². The Hall–Kier alpha value is -3.19. The molecule has 0 bridgehead atoms. The summed E-state index contributed by atoms with van der Waals surface area (Å²) in [5, 5.41) is 0. The van der Waals surface area contributed by atoms with Crippen LogP contribution < -0.4 is 0 Å². The highest BCUT2D eigenvalue weighted by Crippen LogP contribution is 2.42. The summed E-state index contributed by atoms with van der Waals surface area (Å²) >= 11 is 0. The predicted molar refractivity (Wildman–Crippen MR) is 223 cm³/mol. The number of esters is 3. The molecule has 0 spiro atoms. The van der Waals surface area contributed by atoms with Gasteiger partial charge in [-0.15, -0.1) is 0 Å². The summed E-state index contributed by atoms with van der Waals surface area (Å²) in [5.74, 6) is -0.749. The highest BCUT2D eigenvalue weighted by Gasteiger charge is 2.39. The van der Waals surface area contributed by atoms with Crippen molar-refractivity contribution in [1.82, 2.24) is 4.90 Å². The number of nitrogens with zero attached hydrogens (tertiary/aromatic N) is 1. The second-order valence-corrected chi connectivity index (χ2v) is 15.6. The van der Waals surface area contributed by atoms with Crippen molar-refractivity contribution in [3.63, 3.8) is 0 Å². The van der Waals surface area contributed by atoms with Crippen LogP contribution in [0.5, 0.6) is 0 Å². The first-order chi connectivity index (χ1) is 25.3. The van der Waals surface area contributed by atoms with E-state index in [4.69, 9.17) is 14.2 Å². The van der Waals surface area contributed by atoms with Gasteiger partial charge in [-0.1, -0.05) is 147 Å².